The zero-order chi connectivity index (χ0) is 16.2. The van der Waals surface area contributed by atoms with Gasteiger partial charge in [0, 0.05) is 19.5 Å². The van der Waals surface area contributed by atoms with Gasteiger partial charge in [-0.15, -0.1) is 0 Å². The molecule has 5 nitrogen and oxygen atoms in total. The van der Waals surface area contributed by atoms with Crippen molar-refractivity contribution in [1.82, 2.24) is 9.97 Å². The van der Waals surface area contributed by atoms with Crippen molar-refractivity contribution in [2.24, 2.45) is 5.92 Å². The number of anilines is 2. The van der Waals surface area contributed by atoms with Crippen molar-refractivity contribution in [3.05, 3.63) is 11.4 Å². The number of aromatic nitrogens is 2. The van der Waals surface area contributed by atoms with E-state index in [2.05, 4.69) is 20.2 Å². The Morgan fingerprint density at radius 1 is 1.09 bits per heavy atom. The van der Waals surface area contributed by atoms with Gasteiger partial charge in [-0.2, -0.15) is 0 Å². The summed E-state index contributed by atoms with van der Waals surface area (Å²) < 4.78 is 0. The second-order valence-corrected chi connectivity index (χ2v) is 7.00. The maximum absolute atomic E-state index is 12.2. The van der Waals surface area contributed by atoms with E-state index in [9.17, 15) is 4.79 Å². The number of carbonyl (C=O) groups is 1. The topological polar surface area (TPSA) is 58.1 Å². The number of nitrogens with one attached hydrogen (secondary N) is 1. The molecule has 1 saturated carbocycles. The van der Waals surface area contributed by atoms with Crippen LogP contribution in [0.3, 0.4) is 0 Å². The Hall–Kier alpha value is -1.65. The summed E-state index contributed by atoms with van der Waals surface area (Å²) in [6.07, 6.45) is 9.28. The van der Waals surface area contributed by atoms with E-state index >= 15 is 0 Å². The molecule has 2 aliphatic rings. The van der Waals surface area contributed by atoms with Gasteiger partial charge in [-0.1, -0.05) is 25.7 Å². The smallest absolute Gasteiger partial charge is 0.225 e. The van der Waals surface area contributed by atoms with Crippen LogP contribution in [0.15, 0.2) is 0 Å². The van der Waals surface area contributed by atoms with Crippen molar-refractivity contribution < 1.29 is 4.79 Å². The van der Waals surface area contributed by atoms with E-state index in [4.69, 9.17) is 0 Å². The molecule has 2 fully saturated rings. The van der Waals surface area contributed by atoms with Crippen LogP contribution in [-0.2, 0) is 4.79 Å². The van der Waals surface area contributed by atoms with Crippen LogP contribution in [0.5, 0.6) is 0 Å². The molecule has 1 N–H and O–H groups in total. The van der Waals surface area contributed by atoms with Crippen LogP contribution >= 0.6 is 0 Å². The molecule has 1 amide bonds. The first kappa shape index (κ1) is 16.2. The highest BCUT2D eigenvalue weighted by Crippen LogP contribution is 2.29. The number of rotatable bonds is 5. The molecular formula is C18H28N4O. The monoisotopic (exact) mass is 316 g/mol. The molecule has 2 heterocycles. The summed E-state index contributed by atoms with van der Waals surface area (Å²) in [5.74, 6) is 1.65. The molecule has 0 radical (unpaired) electrons. The first-order valence-electron chi connectivity index (χ1n) is 9.03. The van der Waals surface area contributed by atoms with Gasteiger partial charge in [-0.25, -0.2) is 9.97 Å². The van der Waals surface area contributed by atoms with Crippen LogP contribution in [0.2, 0.25) is 0 Å². The van der Waals surface area contributed by atoms with Crippen LogP contribution in [0.4, 0.5) is 11.6 Å². The van der Waals surface area contributed by atoms with Crippen molar-refractivity contribution in [3.63, 3.8) is 0 Å². The van der Waals surface area contributed by atoms with Gasteiger partial charge in [-0.3, -0.25) is 4.79 Å². The van der Waals surface area contributed by atoms with Crippen LogP contribution in [0.1, 0.15) is 62.8 Å². The van der Waals surface area contributed by atoms with E-state index in [0.717, 1.165) is 48.5 Å². The van der Waals surface area contributed by atoms with Crippen molar-refractivity contribution in [3.8, 4) is 0 Å². The molecule has 1 aliphatic heterocycles. The third kappa shape index (κ3) is 4.01. The molecule has 1 aromatic heterocycles. The molecule has 3 rings (SSSR count). The van der Waals surface area contributed by atoms with Crippen LogP contribution < -0.4 is 10.2 Å². The van der Waals surface area contributed by atoms with E-state index in [-0.39, 0.29) is 5.91 Å². The number of carbonyl (C=O) groups excluding carboxylic acids is 1. The SMILES string of the molecule is Cc1nc(N2CCCC2)nc(C)c1NC(=O)CCC1CCCC1. The van der Waals surface area contributed by atoms with E-state index in [0.29, 0.717) is 6.42 Å². The van der Waals surface area contributed by atoms with Crippen molar-refractivity contribution in [2.45, 2.75) is 65.2 Å². The summed E-state index contributed by atoms with van der Waals surface area (Å²) >= 11 is 0. The second kappa shape index (κ2) is 7.28. The Bertz CT molecular complexity index is 537. The lowest BCUT2D eigenvalue weighted by Crippen LogP contribution is -2.22. The molecule has 0 aromatic carbocycles. The molecule has 23 heavy (non-hydrogen) atoms. The van der Waals surface area contributed by atoms with Gasteiger partial charge in [0.2, 0.25) is 11.9 Å². The van der Waals surface area contributed by atoms with Crippen molar-refractivity contribution in [2.75, 3.05) is 23.3 Å². The number of aryl methyl sites for hydroxylation is 2. The lowest BCUT2D eigenvalue weighted by Gasteiger charge is -2.18. The maximum Gasteiger partial charge on any atom is 0.225 e. The van der Waals surface area contributed by atoms with E-state index < -0.39 is 0 Å². The Kier molecular flexibility index (Phi) is 5.13. The Morgan fingerprint density at radius 3 is 2.30 bits per heavy atom. The number of hydrogen-bond donors (Lipinski definition) is 1. The van der Waals surface area contributed by atoms with Gasteiger partial charge in [0.15, 0.2) is 0 Å². The first-order chi connectivity index (χ1) is 11.1. The standard InChI is InChI=1S/C18H28N4O/c1-13-17(21-16(23)10-9-15-7-3-4-8-15)14(2)20-18(19-13)22-11-5-6-12-22/h15H,3-12H2,1-2H3,(H,21,23). The minimum atomic E-state index is 0.0978. The number of nitrogens with zero attached hydrogens (tertiary/aromatic N) is 3. The quantitative estimate of drug-likeness (QED) is 0.901. The zero-order valence-electron chi connectivity index (χ0n) is 14.4. The van der Waals surface area contributed by atoms with Crippen LogP contribution in [-0.4, -0.2) is 29.0 Å². The summed E-state index contributed by atoms with van der Waals surface area (Å²) in [7, 11) is 0. The van der Waals surface area contributed by atoms with Gasteiger partial charge < -0.3 is 10.2 Å². The minimum Gasteiger partial charge on any atom is -0.341 e. The van der Waals surface area contributed by atoms with Gasteiger partial charge in [0.25, 0.3) is 0 Å². The fourth-order valence-corrected chi connectivity index (χ4v) is 3.77. The van der Waals surface area contributed by atoms with Gasteiger partial charge in [-0.05, 0) is 39.0 Å². The fourth-order valence-electron chi connectivity index (χ4n) is 3.77. The summed E-state index contributed by atoms with van der Waals surface area (Å²) in [5.41, 5.74) is 2.53. The van der Waals surface area contributed by atoms with E-state index in [1.54, 1.807) is 0 Å². The van der Waals surface area contributed by atoms with Gasteiger partial charge in [0.05, 0.1) is 17.1 Å². The second-order valence-electron chi connectivity index (χ2n) is 7.00. The van der Waals surface area contributed by atoms with Crippen molar-refractivity contribution >= 4 is 17.5 Å². The van der Waals surface area contributed by atoms with Crippen molar-refractivity contribution in [1.29, 1.82) is 0 Å². The molecule has 126 valence electrons. The Labute approximate surface area is 138 Å². The number of amides is 1. The third-order valence-electron chi connectivity index (χ3n) is 5.17. The lowest BCUT2D eigenvalue weighted by atomic mass is 10.0. The van der Waals surface area contributed by atoms with E-state index in [1.165, 1.54) is 38.5 Å². The minimum absolute atomic E-state index is 0.0978. The first-order valence-corrected chi connectivity index (χ1v) is 9.03. The summed E-state index contributed by atoms with van der Waals surface area (Å²) in [4.78, 5) is 23.7. The molecule has 0 atom stereocenters. The highest BCUT2D eigenvalue weighted by molar-refractivity contribution is 5.91. The number of hydrogen-bond acceptors (Lipinski definition) is 4. The molecule has 1 aliphatic carbocycles. The van der Waals surface area contributed by atoms with Gasteiger partial charge in [0.1, 0.15) is 0 Å². The maximum atomic E-state index is 12.2. The van der Waals surface area contributed by atoms with Gasteiger partial charge >= 0.3 is 0 Å². The summed E-state index contributed by atoms with van der Waals surface area (Å²) in [6.45, 7) is 5.99. The van der Waals surface area contributed by atoms with Crippen LogP contribution in [0, 0.1) is 19.8 Å². The molecule has 0 spiro atoms. The lowest BCUT2D eigenvalue weighted by molar-refractivity contribution is -0.116. The van der Waals surface area contributed by atoms with E-state index in [1.807, 2.05) is 13.8 Å². The highest BCUT2D eigenvalue weighted by atomic mass is 16.1. The normalized spacial score (nSPS) is 18.6. The Balaban J connectivity index is 1.61. The molecule has 0 bridgehead atoms. The predicted molar refractivity (Wildman–Crippen MR) is 92.8 cm³/mol. The third-order valence-corrected chi connectivity index (χ3v) is 5.17. The predicted octanol–water partition coefficient (Wildman–Crippen LogP) is 3.60. The molecule has 1 aromatic rings. The highest BCUT2D eigenvalue weighted by Gasteiger charge is 2.19. The summed E-state index contributed by atoms with van der Waals surface area (Å²) in [5, 5.41) is 3.04. The molecule has 0 unspecified atom stereocenters. The largest absolute Gasteiger partial charge is 0.341 e. The average molecular weight is 316 g/mol. The zero-order valence-corrected chi connectivity index (χ0v) is 14.4. The molecule has 1 saturated heterocycles. The molecular weight excluding hydrogens is 288 g/mol. The summed E-state index contributed by atoms with van der Waals surface area (Å²) in [6, 6.07) is 0. The average Bonchev–Trinajstić information content (AvgIpc) is 3.21. The van der Waals surface area contributed by atoms with Crippen LogP contribution in [0.25, 0.3) is 0 Å². The Morgan fingerprint density at radius 2 is 1.70 bits per heavy atom. The fraction of sp³-hybridized carbons (Fsp3) is 0.722. The molecule has 5 heteroatoms.